The molecule has 0 atom stereocenters. The molecule has 0 bridgehead atoms. The number of amides is 1. The molecule has 30 heavy (non-hydrogen) atoms. The van der Waals surface area contributed by atoms with Crippen LogP contribution in [0.15, 0.2) is 49.2 Å². The van der Waals surface area contributed by atoms with Crippen molar-refractivity contribution in [3.8, 4) is 11.4 Å². The SMILES string of the molecule is COCCOc1cc(-n2ccnc2)cc(C(=O)Nc2ccnc(C(F)(F)F)c2)c1F. The fourth-order valence-electron chi connectivity index (χ4n) is 2.51. The molecular formula is C19H16F4N4O3. The third-order valence-electron chi connectivity index (χ3n) is 3.92. The van der Waals surface area contributed by atoms with E-state index in [-0.39, 0.29) is 24.7 Å². The van der Waals surface area contributed by atoms with E-state index in [2.05, 4.69) is 15.3 Å². The molecule has 0 spiro atoms. The predicted octanol–water partition coefficient (Wildman–Crippen LogP) is 3.70. The quantitative estimate of drug-likeness (QED) is 0.462. The molecule has 0 unspecified atom stereocenters. The Morgan fingerprint density at radius 1 is 1.20 bits per heavy atom. The van der Waals surface area contributed by atoms with Gasteiger partial charge in [0.15, 0.2) is 11.6 Å². The maximum absolute atomic E-state index is 14.9. The molecule has 158 valence electrons. The highest BCUT2D eigenvalue weighted by molar-refractivity contribution is 6.05. The number of nitrogens with one attached hydrogen (secondary N) is 1. The monoisotopic (exact) mass is 424 g/mol. The first-order chi connectivity index (χ1) is 14.3. The molecule has 1 N–H and O–H groups in total. The van der Waals surface area contributed by atoms with Gasteiger partial charge in [0, 0.05) is 37.5 Å². The Kier molecular flexibility index (Phi) is 6.31. The average molecular weight is 424 g/mol. The summed E-state index contributed by atoms with van der Waals surface area (Å²) in [7, 11) is 1.45. The number of nitrogens with zero attached hydrogens (tertiary/aromatic N) is 3. The minimum atomic E-state index is -4.68. The van der Waals surface area contributed by atoms with Gasteiger partial charge in [-0.1, -0.05) is 0 Å². The molecule has 3 rings (SSSR count). The van der Waals surface area contributed by atoms with E-state index in [1.807, 2.05) is 0 Å². The van der Waals surface area contributed by atoms with Gasteiger partial charge in [-0.2, -0.15) is 13.2 Å². The largest absolute Gasteiger partial charge is 0.488 e. The summed E-state index contributed by atoms with van der Waals surface area (Å²) in [4.78, 5) is 19.8. The van der Waals surface area contributed by atoms with Crippen LogP contribution in [0.3, 0.4) is 0 Å². The molecule has 1 amide bonds. The molecule has 0 radical (unpaired) electrons. The minimum Gasteiger partial charge on any atom is -0.488 e. The number of carbonyl (C=O) groups is 1. The first kappa shape index (κ1) is 21.2. The second-order valence-corrected chi connectivity index (χ2v) is 6.00. The maximum Gasteiger partial charge on any atom is 0.433 e. The van der Waals surface area contributed by atoms with Crippen molar-refractivity contribution in [3.05, 3.63) is 66.3 Å². The number of alkyl halides is 3. The molecular weight excluding hydrogens is 408 g/mol. The van der Waals surface area contributed by atoms with Crippen molar-refractivity contribution >= 4 is 11.6 Å². The number of benzene rings is 1. The van der Waals surface area contributed by atoms with Crippen LogP contribution in [0.1, 0.15) is 16.1 Å². The van der Waals surface area contributed by atoms with Gasteiger partial charge in [0.05, 0.1) is 24.2 Å². The van der Waals surface area contributed by atoms with E-state index in [1.165, 1.54) is 42.4 Å². The number of methoxy groups -OCH3 is 1. The summed E-state index contributed by atoms with van der Waals surface area (Å²) in [5.74, 6) is -2.13. The summed E-state index contributed by atoms with van der Waals surface area (Å²) in [6, 6.07) is 4.44. The Balaban J connectivity index is 1.94. The number of aromatic nitrogens is 3. The van der Waals surface area contributed by atoms with E-state index >= 15 is 0 Å². The van der Waals surface area contributed by atoms with Crippen LogP contribution in [0.4, 0.5) is 23.2 Å². The van der Waals surface area contributed by atoms with Crippen molar-refractivity contribution in [1.82, 2.24) is 14.5 Å². The smallest absolute Gasteiger partial charge is 0.433 e. The van der Waals surface area contributed by atoms with Crippen molar-refractivity contribution in [3.63, 3.8) is 0 Å². The highest BCUT2D eigenvalue weighted by Crippen LogP contribution is 2.30. The Hall–Kier alpha value is -3.47. The van der Waals surface area contributed by atoms with Gasteiger partial charge in [-0.25, -0.2) is 9.37 Å². The predicted molar refractivity (Wildman–Crippen MR) is 98.1 cm³/mol. The van der Waals surface area contributed by atoms with E-state index in [1.54, 1.807) is 6.20 Å². The van der Waals surface area contributed by atoms with E-state index < -0.39 is 29.2 Å². The number of rotatable bonds is 7. The van der Waals surface area contributed by atoms with E-state index in [0.29, 0.717) is 11.8 Å². The highest BCUT2D eigenvalue weighted by Gasteiger charge is 2.32. The van der Waals surface area contributed by atoms with Gasteiger partial charge < -0.3 is 19.4 Å². The standard InChI is InChI=1S/C19H16F4N4O3/c1-29-6-7-30-15-10-13(27-5-4-24-11-27)9-14(17(15)20)18(28)26-12-2-3-25-16(8-12)19(21,22)23/h2-5,8-11H,6-7H2,1H3,(H,25,26,28). The third-order valence-corrected chi connectivity index (χ3v) is 3.92. The summed E-state index contributed by atoms with van der Waals surface area (Å²) >= 11 is 0. The normalized spacial score (nSPS) is 11.4. The van der Waals surface area contributed by atoms with Gasteiger partial charge in [0.25, 0.3) is 5.91 Å². The highest BCUT2D eigenvalue weighted by atomic mass is 19.4. The van der Waals surface area contributed by atoms with Crippen molar-refractivity contribution in [2.24, 2.45) is 0 Å². The zero-order chi connectivity index (χ0) is 21.7. The van der Waals surface area contributed by atoms with Crippen LogP contribution in [-0.4, -0.2) is 40.8 Å². The Labute approximate surface area is 168 Å². The maximum atomic E-state index is 14.9. The molecule has 7 nitrogen and oxygen atoms in total. The topological polar surface area (TPSA) is 78.3 Å². The average Bonchev–Trinajstić information content (AvgIpc) is 3.24. The van der Waals surface area contributed by atoms with Crippen LogP contribution in [0.2, 0.25) is 0 Å². The molecule has 0 aliphatic heterocycles. The third kappa shape index (κ3) is 4.92. The summed E-state index contributed by atoms with van der Waals surface area (Å²) < 4.78 is 65.1. The Morgan fingerprint density at radius 2 is 2.00 bits per heavy atom. The molecule has 0 saturated carbocycles. The Bertz CT molecular complexity index is 1020. The number of hydrogen-bond donors (Lipinski definition) is 1. The van der Waals surface area contributed by atoms with Gasteiger partial charge >= 0.3 is 6.18 Å². The van der Waals surface area contributed by atoms with Crippen LogP contribution >= 0.6 is 0 Å². The lowest BCUT2D eigenvalue weighted by molar-refractivity contribution is -0.141. The number of anilines is 1. The minimum absolute atomic E-state index is 0.0289. The summed E-state index contributed by atoms with van der Waals surface area (Å²) in [5, 5.41) is 2.25. The molecule has 0 saturated heterocycles. The number of pyridine rings is 1. The van der Waals surface area contributed by atoms with Crippen LogP contribution in [0, 0.1) is 5.82 Å². The number of imidazole rings is 1. The fourth-order valence-corrected chi connectivity index (χ4v) is 2.51. The van der Waals surface area contributed by atoms with E-state index in [0.717, 1.165) is 6.20 Å². The molecule has 2 aromatic heterocycles. The fraction of sp³-hybridized carbons (Fsp3) is 0.211. The van der Waals surface area contributed by atoms with Crippen molar-refractivity contribution in [2.75, 3.05) is 25.6 Å². The van der Waals surface area contributed by atoms with Crippen molar-refractivity contribution in [2.45, 2.75) is 6.18 Å². The first-order valence-corrected chi connectivity index (χ1v) is 8.58. The zero-order valence-electron chi connectivity index (χ0n) is 15.6. The molecule has 0 aliphatic carbocycles. The molecule has 0 aliphatic rings. The van der Waals surface area contributed by atoms with Crippen molar-refractivity contribution in [1.29, 1.82) is 0 Å². The Morgan fingerprint density at radius 3 is 2.67 bits per heavy atom. The van der Waals surface area contributed by atoms with Crippen LogP contribution in [0.5, 0.6) is 5.75 Å². The lowest BCUT2D eigenvalue weighted by Crippen LogP contribution is -2.17. The van der Waals surface area contributed by atoms with Crippen molar-refractivity contribution < 1.29 is 31.8 Å². The van der Waals surface area contributed by atoms with E-state index in [4.69, 9.17) is 9.47 Å². The van der Waals surface area contributed by atoms with Crippen LogP contribution in [-0.2, 0) is 10.9 Å². The lowest BCUT2D eigenvalue weighted by Gasteiger charge is -2.14. The van der Waals surface area contributed by atoms with Gasteiger partial charge in [0.1, 0.15) is 12.3 Å². The second-order valence-electron chi connectivity index (χ2n) is 6.00. The lowest BCUT2D eigenvalue weighted by atomic mass is 10.1. The summed E-state index contributed by atoms with van der Waals surface area (Å²) in [6.45, 7) is 0.217. The zero-order valence-corrected chi connectivity index (χ0v) is 15.6. The molecule has 2 heterocycles. The number of carbonyl (C=O) groups excluding carboxylic acids is 1. The van der Waals surface area contributed by atoms with Crippen LogP contribution < -0.4 is 10.1 Å². The van der Waals surface area contributed by atoms with Gasteiger partial charge in [0.2, 0.25) is 0 Å². The summed E-state index contributed by atoms with van der Waals surface area (Å²) in [5.41, 5.74) is -1.41. The number of halogens is 4. The molecule has 1 aromatic carbocycles. The number of hydrogen-bond acceptors (Lipinski definition) is 5. The molecule has 11 heteroatoms. The molecule has 3 aromatic rings. The second kappa shape index (κ2) is 8.91. The van der Waals surface area contributed by atoms with Crippen LogP contribution in [0.25, 0.3) is 5.69 Å². The molecule has 0 fully saturated rings. The number of ether oxygens (including phenoxy) is 2. The first-order valence-electron chi connectivity index (χ1n) is 8.58. The van der Waals surface area contributed by atoms with Gasteiger partial charge in [-0.05, 0) is 18.2 Å². The summed E-state index contributed by atoms with van der Waals surface area (Å²) in [6.07, 6.45) is 0.717. The van der Waals surface area contributed by atoms with Gasteiger partial charge in [-0.3, -0.25) is 9.78 Å². The van der Waals surface area contributed by atoms with E-state index in [9.17, 15) is 22.4 Å². The van der Waals surface area contributed by atoms with Gasteiger partial charge in [-0.15, -0.1) is 0 Å².